The number of hydrogen-bond acceptors (Lipinski definition) is 4. The third kappa shape index (κ3) is 3.12. The lowest BCUT2D eigenvalue weighted by molar-refractivity contribution is -0.160. The summed E-state index contributed by atoms with van der Waals surface area (Å²) in [6, 6.07) is 0. The maximum absolute atomic E-state index is 11.1. The van der Waals surface area contributed by atoms with E-state index in [4.69, 9.17) is 14.6 Å². The molecule has 0 aliphatic carbocycles. The molecule has 0 unspecified atom stereocenters. The minimum Gasteiger partial charge on any atom is -0.481 e. The number of ketones is 1. The summed E-state index contributed by atoms with van der Waals surface area (Å²) in [7, 11) is 0. The van der Waals surface area contributed by atoms with E-state index >= 15 is 0 Å². The molecular weight excluding hydrogens is 176 g/mol. The van der Waals surface area contributed by atoms with Crippen LogP contribution in [0.1, 0.15) is 19.8 Å². The highest BCUT2D eigenvalue weighted by Gasteiger charge is 2.33. The molecule has 1 rings (SSSR count). The molecule has 13 heavy (non-hydrogen) atoms. The first-order valence-electron chi connectivity index (χ1n) is 4.03. The highest BCUT2D eigenvalue weighted by Crippen LogP contribution is 2.23. The zero-order valence-electron chi connectivity index (χ0n) is 7.41. The first-order valence-corrected chi connectivity index (χ1v) is 4.03. The molecule has 74 valence electrons. The quantitative estimate of drug-likeness (QED) is 0.637. The number of carboxylic acids is 1. The number of rotatable bonds is 4. The van der Waals surface area contributed by atoms with E-state index in [1.165, 1.54) is 0 Å². The minimum absolute atomic E-state index is 0.000694. The molecule has 1 fully saturated rings. The number of aliphatic carboxylic acids is 1. The Morgan fingerprint density at radius 3 is 2.38 bits per heavy atom. The predicted octanol–water partition coefficient (Wildman–Crippen LogP) is 0.183. The minimum atomic E-state index is -1.12. The van der Waals surface area contributed by atoms with Crippen molar-refractivity contribution in [2.24, 2.45) is 0 Å². The molecule has 0 atom stereocenters. The Labute approximate surface area is 75.6 Å². The van der Waals surface area contributed by atoms with Crippen molar-refractivity contribution in [3.8, 4) is 0 Å². The molecular formula is C8H12O5. The van der Waals surface area contributed by atoms with Crippen LogP contribution in [0.5, 0.6) is 0 Å². The van der Waals surface area contributed by atoms with Crippen LogP contribution >= 0.6 is 0 Å². The molecule has 5 nitrogen and oxygen atoms in total. The summed E-state index contributed by atoms with van der Waals surface area (Å²) in [5.74, 6) is -2.41. The lowest BCUT2D eigenvalue weighted by atomic mass is 10.1. The van der Waals surface area contributed by atoms with E-state index in [1.807, 2.05) is 0 Å². The molecule has 0 bridgehead atoms. The number of carbonyl (C=O) groups is 2. The van der Waals surface area contributed by atoms with Gasteiger partial charge >= 0.3 is 5.97 Å². The summed E-state index contributed by atoms with van der Waals surface area (Å²) >= 11 is 0. The molecule has 5 heteroatoms. The van der Waals surface area contributed by atoms with Crippen LogP contribution in [0.2, 0.25) is 0 Å². The van der Waals surface area contributed by atoms with Gasteiger partial charge in [-0.05, 0) is 6.92 Å². The summed E-state index contributed by atoms with van der Waals surface area (Å²) in [4.78, 5) is 21.3. The zero-order valence-corrected chi connectivity index (χ0v) is 7.41. The monoisotopic (exact) mass is 188 g/mol. The predicted molar refractivity (Wildman–Crippen MR) is 42.2 cm³/mol. The average molecular weight is 188 g/mol. The Bertz CT molecular complexity index is 217. The summed E-state index contributed by atoms with van der Waals surface area (Å²) < 4.78 is 10.3. The van der Waals surface area contributed by atoms with E-state index in [9.17, 15) is 9.59 Å². The van der Waals surface area contributed by atoms with Gasteiger partial charge in [0.1, 0.15) is 12.2 Å². The second kappa shape index (κ2) is 3.85. The lowest BCUT2D eigenvalue weighted by Crippen LogP contribution is -2.29. The molecule has 1 heterocycles. The maximum atomic E-state index is 11.1. The fraction of sp³-hybridized carbons (Fsp3) is 0.750. The fourth-order valence-electron chi connectivity index (χ4n) is 1.25. The van der Waals surface area contributed by atoms with Gasteiger partial charge in [-0.15, -0.1) is 0 Å². The van der Waals surface area contributed by atoms with Crippen LogP contribution in [0.15, 0.2) is 0 Å². The van der Waals surface area contributed by atoms with Gasteiger partial charge in [-0.25, -0.2) is 0 Å². The lowest BCUT2D eigenvalue weighted by Gasteiger charge is -2.20. The summed E-state index contributed by atoms with van der Waals surface area (Å²) in [5, 5.41) is 8.34. The third-order valence-corrected chi connectivity index (χ3v) is 1.76. The van der Waals surface area contributed by atoms with Crippen LogP contribution in [-0.2, 0) is 19.1 Å². The van der Waals surface area contributed by atoms with Gasteiger partial charge in [-0.1, -0.05) is 0 Å². The second-order valence-electron chi connectivity index (χ2n) is 3.12. The molecule has 1 aliphatic heterocycles. The normalized spacial score (nSPS) is 20.1. The molecule has 0 aromatic rings. The maximum Gasteiger partial charge on any atom is 0.310 e. The molecule has 0 saturated carbocycles. The third-order valence-electron chi connectivity index (χ3n) is 1.76. The van der Waals surface area contributed by atoms with Crippen molar-refractivity contribution in [2.45, 2.75) is 25.6 Å². The number of hydrogen-bond donors (Lipinski definition) is 1. The van der Waals surface area contributed by atoms with E-state index in [-0.39, 0.29) is 12.2 Å². The molecule has 1 aliphatic rings. The Kier molecular flexibility index (Phi) is 3.00. The summed E-state index contributed by atoms with van der Waals surface area (Å²) in [5.41, 5.74) is 0. The van der Waals surface area contributed by atoms with Crippen molar-refractivity contribution in [3.05, 3.63) is 0 Å². The van der Waals surface area contributed by atoms with E-state index in [1.54, 1.807) is 6.92 Å². The molecule has 0 aromatic heterocycles. The van der Waals surface area contributed by atoms with Crippen LogP contribution in [0.25, 0.3) is 0 Å². The smallest absolute Gasteiger partial charge is 0.310 e. The van der Waals surface area contributed by atoms with Gasteiger partial charge in [0.05, 0.1) is 19.6 Å². The summed E-state index contributed by atoms with van der Waals surface area (Å²) in [6.07, 6.45) is -0.471. The SMILES string of the molecule is CC1(CC(=O)CC(=O)O)OCCO1. The first-order chi connectivity index (χ1) is 6.02. The van der Waals surface area contributed by atoms with Gasteiger partial charge in [-0.3, -0.25) is 9.59 Å². The van der Waals surface area contributed by atoms with Gasteiger partial charge in [0, 0.05) is 0 Å². The van der Waals surface area contributed by atoms with Crippen LogP contribution in [0, 0.1) is 0 Å². The first kappa shape index (κ1) is 10.1. The number of Topliss-reactive ketones (excluding diaryl/α,β-unsaturated/α-hetero) is 1. The van der Waals surface area contributed by atoms with Gasteiger partial charge in [0.25, 0.3) is 0 Å². The van der Waals surface area contributed by atoms with Crippen LogP contribution in [-0.4, -0.2) is 35.9 Å². The topological polar surface area (TPSA) is 72.8 Å². The molecule has 1 saturated heterocycles. The Morgan fingerprint density at radius 2 is 1.92 bits per heavy atom. The van der Waals surface area contributed by atoms with Crippen molar-refractivity contribution in [1.29, 1.82) is 0 Å². The molecule has 1 N–H and O–H groups in total. The molecule has 0 spiro atoms. The Morgan fingerprint density at radius 1 is 1.38 bits per heavy atom. The Balaban J connectivity index is 2.38. The highest BCUT2D eigenvalue weighted by molar-refractivity contribution is 5.95. The zero-order chi connectivity index (χ0) is 9.90. The van der Waals surface area contributed by atoms with Crippen molar-refractivity contribution in [3.63, 3.8) is 0 Å². The van der Waals surface area contributed by atoms with Gasteiger partial charge in [0.15, 0.2) is 5.79 Å². The molecule has 0 radical (unpaired) electrons. The van der Waals surface area contributed by atoms with Gasteiger partial charge in [0.2, 0.25) is 0 Å². The van der Waals surface area contributed by atoms with Crippen molar-refractivity contribution >= 4 is 11.8 Å². The van der Waals surface area contributed by atoms with Gasteiger partial charge < -0.3 is 14.6 Å². The van der Waals surface area contributed by atoms with Crippen LogP contribution < -0.4 is 0 Å². The second-order valence-corrected chi connectivity index (χ2v) is 3.12. The van der Waals surface area contributed by atoms with Crippen molar-refractivity contribution in [2.75, 3.05) is 13.2 Å². The highest BCUT2D eigenvalue weighted by atomic mass is 16.7. The molecule has 0 amide bonds. The Hall–Kier alpha value is -0.940. The van der Waals surface area contributed by atoms with Gasteiger partial charge in [-0.2, -0.15) is 0 Å². The van der Waals surface area contributed by atoms with E-state index in [2.05, 4.69) is 0 Å². The number of carboxylic acid groups (broad SMARTS) is 1. The standard InChI is InChI=1S/C8H12O5/c1-8(12-2-3-13-8)5-6(9)4-7(10)11/h2-5H2,1H3,(H,10,11). The average Bonchev–Trinajstić information content (AvgIpc) is 2.33. The van der Waals surface area contributed by atoms with Crippen molar-refractivity contribution in [1.82, 2.24) is 0 Å². The van der Waals surface area contributed by atoms with Crippen LogP contribution in [0.4, 0.5) is 0 Å². The fourth-order valence-corrected chi connectivity index (χ4v) is 1.25. The van der Waals surface area contributed by atoms with E-state index < -0.39 is 18.2 Å². The van der Waals surface area contributed by atoms with Crippen LogP contribution in [0.3, 0.4) is 0 Å². The number of ether oxygens (including phenoxy) is 2. The largest absolute Gasteiger partial charge is 0.481 e. The molecule has 0 aromatic carbocycles. The van der Waals surface area contributed by atoms with Crippen molar-refractivity contribution < 1.29 is 24.2 Å². The summed E-state index contributed by atoms with van der Waals surface area (Å²) in [6.45, 7) is 2.55. The van der Waals surface area contributed by atoms with E-state index in [0.717, 1.165) is 0 Å². The van der Waals surface area contributed by atoms with E-state index in [0.29, 0.717) is 13.2 Å². The number of carbonyl (C=O) groups excluding carboxylic acids is 1.